The van der Waals surface area contributed by atoms with Crippen LogP contribution in [0.3, 0.4) is 0 Å². The predicted molar refractivity (Wildman–Crippen MR) is 68.6 cm³/mol. The number of carbonyl (C=O) groups excluding carboxylic acids is 1. The molecule has 1 aliphatic rings. The van der Waals surface area contributed by atoms with Crippen molar-refractivity contribution in [1.29, 1.82) is 0 Å². The smallest absolute Gasteiger partial charge is 0.248 e. The predicted octanol–water partition coefficient (Wildman–Crippen LogP) is 2.07. The number of nitrogens with two attached hydrogens (primary N) is 1. The summed E-state index contributed by atoms with van der Waals surface area (Å²) in [7, 11) is 0. The van der Waals surface area contributed by atoms with Crippen molar-refractivity contribution in [2.24, 2.45) is 11.7 Å². The number of hydrogen-bond acceptors (Lipinski definition) is 2. The second-order valence-electron chi connectivity index (χ2n) is 4.84. The zero-order chi connectivity index (χ0) is 12.1. The molecule has 3 nitrogen and oxygen atoms in total. The van der Waals surface area contributed by atoms with E-state index in [-0.39, 0.29) is 5.91 Å². The number of rotatable bonds is 5. The molecule has 1 aromatic rings. The summed E-state index contributed by atoms with van der Waals surface area (Å²) in [5, 5.41) is 3.48. The minimum atomic E-state index is -0.365. The third-order valence-electron chi connectivity index (χ3n) is 3.48. The zero-order valence-corrected chi connectivity index (χ0v) is 10.1. The number of hydrogen-bond donors (Lipinski definition) is 2. The first-order chi connectivity index (χ1) is 8.25. The fourth-order valence-electron chi connectivity index (χ4n) is 2.42. The van der Waals surface area contributed by atoms with Crippen molar-refractivity contribution >= 4 is 5.91 Å². The normalized spacial score (nSPS) is 16.2. The largest absolute Gasteiger partial charge is 0.366 e. The van der Waals surface area contributed by atoms with E-state index >= 15 is 0 Å². The average molecular weight is 232 g/mol. The molecule has 1 saturated carbocycles. The Bertz CT molecular complexity index is 366. The van der Waals surface area contributed by atoms with E-state index in [1.807, 2.05) is 12.1 Å². The highest BCUT2D eigenvalue weighted by molar-refractivity contribution is 5.92. The molecule has 3 N–H and O–H groups in total. The number of nitrogens with one attached hydrogen (secondary N) is 1. The second-order valence-corrected chi connectivity index (χ2v) is 4.84. The van der Waals surface area contributed by atoms with Crippen LogP contribution >= 0.6 is 0 Å². The summed E-state index contributed by atoms with van der Waals surface area (Å²) >= 11 is 0. The Morgan fingerprint density at radius 3 is 2.47 bits per heavy atom. The van der Waals surface area contributed by atoms with Crippen LogP contribution in [0.4, 0.5) is 0 Å². The van der Waals surface area contributed by atoms with Gasteiger partial charge in [-0.3, -0.25) is 4.79 Å². The molecule has 0 unspecified atom stereocenters. The molecule has 1 aliphatic carbocycles. The Kier molecular flexibility index (Phi) is 4.15. The molecule has 1 amide bonds. The van der Waals surface area contributed by atoms with Crippen molar-refractivity contribution in [3.05, 3.63) is 35.4 Å². The van der Waals surface area contributed by atoms with Crippen LogP contribution in [-0.2, 0) is 6.54 Å². The summed E-state index contributed by atoms with van der Waals surface area (Å²) in [6.07, 6.45) is 5.51. The van der Waals surface area contributed by atoms with E-state index in [1.54, 1.807) is 12.1 Å². The molecule has 0 aliphatic heterocycles. The summed E-state index contributed by atoms with van der Waals surface area (Å²) in [4.78, 5) is 10.9. The highest BCUT2D eigenvalue weighted by Gasteiger charge is 2.13. The van der Waals surface area contributed by atoms with E-state index in [0.29, 0.717) is 5.56 Å². The third-order valence-corrected chi connectivity index (χ3v) is 3.48. The van der Waals surface area contributed by atoms with E-state index < -0.39 is 0 Å². The lowest BCUT2D eigenvalue weighted by molar-refractivity contribution is 0.100. The van der Waals surface area contributed by atoms with Gasteiger partial charge in [-0.25, -0.2) is 0 Å². The monoisotopic (exact) mass is 232 g/mol. The quantitative estimate of drug-likeness (QED) is 0.816. The molecule has 3 heteroatoms. The summed E-state index contributed by atoms with van der Waals surface area (Å²) in [5.74, 6) is 0.496. The van der Waals surface area contributed by atoms with Gasteiger partial charge in [-0.1, -0.05) is 25.0 Å². The number of amides is 1. The Morgan fingerprint density at radius 2 is 1.88 bits per heavy atom. The van der Waals surface area contributed by atoms with E-state index in [4.69, 9.17) is 5.73 Å². The summed E-state index contributed by atoms with van der Waals surface area (Å²) in [5.41, 5.74) is 6.97. The first-order valence-electron chi connectivity index (χ1n) is 6.35. The van der Waals surface area contributed by atoms with Gasteiger partial charge >= 0.3 is 0 Å². The fraction of sp³-hybridized carbons (Fsp3) is 0.500. The highest BCUT2D eigenvalue weighted by Crippen LogP contribution is 2.23. The Hall–Kier alpha value is -1.35. The Labute approximate surface area is 102 Å². The lowest BCUT2D eigenvalue weighted by Gasteiger charge is -2.10. The molecule has 0 aromatic heterocycles. The van der Waals surface area contributed by atoms with Crippen LogP contribution < -0.4 is 11.1 Å². The lowest BCUT2D eigenvalue weighted by atomic mass is 10.1. The Morgan fingerprint density at radius 1 is 1.24 bits per heavy atom. The minimum absolute atomic E-state index is 0.365. The van der Waals surface area contributed by atoms with E-state index in [2.05, 4.69) is 5.32 Å². The van der Waals surface area contributed by atoms with Crippen molar-refractivity contribution in [2.75, 3.05) is 6.54 Å². The van der Waals surface area contributed by atoms with Crippen LogP contribution in [0.1, 0.15) is 41.6 Å². The lowest BCUT2D eigenvalue weighted by Crippen LogP contribution is -2.20. The van der Waals surface area contributed by atoms with Gasteiger partial charge in [-0.2, -0.15) is 0 Å². The standard InChI is InChI=1S/C14H20N2O/c15-14(17)13-7-5-12(6-8-13)10-16-9-11-3-1-2-4-11/h5-8,11,16H,1-4,9-10H2,(H2,15,17). The van der Waals surface area contributed by atoms with Gasteiger partial charge < -0.3 is 11.1 Å². The number of primary amides is 1. The molecular weight excluding hydrogens is 212 g/mol. The molecule has 0 radical (unpaired) electrons. The summed E-state index contributed by atoms with van der Waals surface area (Å²) < 4.78 is 0. The molecule has 0 saturated heterocycles. The van der Waals surface area contributed by atoms with Crippen molar-refractivity contribution in [2.45, 2.75) is 32.2 Å². The molecule has 0 atom stereocenters. The van der Waals surface area contributed by atoms with Gasteiger partial charge in [0.1, 0.15) is 0 Å². The minimum Gasteiger partial charge on any atom is -0.366 e. The van der Waals surface area contributed by atoms with Crippen LogP contribution in [0, 0.1) is 5.92 Å². The molecular formula is C14H20N2O. The van der Waals surface area contributed by atoms with Crippen LogP contribution in [0.15, 0.2) is 24.3 Å². The van der Waals surface area contributed by atoms with Gasteiger partial charge in [0, 0.05) is 12.1 Å². The SMILES string of the molecule is NC(=O)c1ccc(CNCC2CCCC2)cc1. The topological polar surface area (TPSA) is 55.1 Å². The summed E-state index contributed by atoms with van der Waals surface area (Å²) in [6.45, 7) is 1.98. The fourth-order valence-corrected chi connectivity index (χ4v) is 2.42. The van der Waals surface area contributed by atoms with Crippen LogP contribution in [0.5, 0.6) is 0 Å². The summed E-state index contributed by atoms with van der Waals surface area (Å²) in [6, 6.07) is 7.49. The molecule has 92 valence electrons. The number of carbonyl (C=O) groups is 1. The maximum atomic E-state index is 10.9. The van der Waals surface area contributed by atoms with Crippen molar-refractivity contribution < 1.29 is 4.79 Å². The first-order valence-corrected chi connectivity index (χ1v) is 6.35. The van der Waals surface area contributed by atoms with Gasteiger partial charge in [0.15, 0.2) is 0 Å². The second kappa shape index (κ2) is 5.82. The van der Waals surface area contributed by atoms with Gasteiger partial charge in [-0.15, -0.1) is 0 Å². The first kappa shape index (κ1) is 12.1. The maximum Gasteiger partial charge on any atom is 0.248 e. The molecule has 1 fully saturated rings. The number of benzene rings is 1. The van der Waals surface area contributed by atoms with E-state index in [1.165, 1.54) is 31.2 Å². The van der Waals surface area contributed by atoms with E-state index in [9.17, 15) is 4.79 Å². The molecule has 0 spiro atoms. The molecule has 1 aromatic carbocycles. The highest BCUT2D eigenvalue weighted by atomic mass is 16.1. The maximum absolute atomic E-state index is 10.9. The Balaban J connectivity index is 1.76. The molecule has 2 rings (SSSR count). The van der Waals surface area contributed by atoms with Gasteiger partial charge in [0.2, 0.25) is 5.91 Å². The molecule has 17 heavy (non-hydrogen) atoms. The molecule has 0 bridgehead atoms. The van der Waals surface area contributed by atoms with Gasteiger partial charge in [0.25, 0.3) is 0 Å². The van der Waals surface area contributed by atoms with E-state index in [0.717, 1.165) is 19.0 Å². The van der Waals surface area contributed by atoms with Crippen molar-refractivity contribution in [1.82, 2.24) is 5.32 Å². The van der Waals surface area contributed by atoms with Gasteiger partial charge in [-0.05, 0) is 43.0 Å². The van der Waals surface area contributed by atoms with Crippen LogP contribution in [0.2, 0.25) is 0 Å². The average Bonchev–Trinajstić information content (AvgIpc) is 2.83. The van der Waals surface area contributed by atoms with Crippen LogP contribution in [-0.4, -0.2) is 12.5 Å². The zero-order valence-electron chi connectivity index (χ0n) is 10.1. The molecule has 0 heterocycles. The van der Waals surface area contributed by atoms with Crippen molar-refractivity contribution in [3.63, 3.8) is 0 Å². The van der Waals surface area contributed by atoms with Crippen molar-refractivity contribution in [3.8, 4) is 0 Å². The third kappa shape index (κ3) is 3.56. The van der Waals surface area contributed by atoms with Gasteiger partial charge in [0.05, 0.1) is 0 Å². The van der Waals surface area contributed by atoms with Crippen LogP contribution in [0.25, 0.3) is 0 Å².